The van der Waals surface area contributed by atoms with E-state index in [1.54, 1.807) is 39.2 Å². The van der Waals surface area contributed by atoms with Gasteiger partial charge in [0.1, 0.15) is 12.4 Å². The van der Waals surface area contributed by atoms with Gasteiger partial charge in [-0.25, -0.2) is 13.4 Å². The molecule has 1 atom stereocenters. The number of ether oxygens (including phenoxy) is 2. The average molecular weight is 589 g/mol. The summed E-state index contributed by atoms with van der Waals surface area (Å²) in [6.07, 6.45) is 4.65. The molecular formula is C27H36N6O5S2. The lowest BCUT2D eigenvalue weighted by atomic mass is 9.98. The third-order valence-corrected chi connectivity index (χ3v) is 7.61. The molecule has 3 N–H and O–H groups in total. The van der Waals surface area contributed by atoms with Crippen LogP contribution in [0.1, 0.15) is 29.8 Å². The summed E-state index contributed by atoms with van der Waals surface area (Å²) in [6.45, 7) is 4.40. The third kappa shape index (κ3) is 11.2. The van der Waals surface area contributed by atoms with Gasteiger partial charge in [-0.05, 0) is 42.3 Å². The van der Waals surface area contributed by atoms with E-state index in [-0.39, 0.29) is 12.4 Å². The summed E-state index contributed by atoms with van der Waals surface area (Å²) in [7, 11) is 0.112. The topological polar surface area (TPSA) is 159 Å². The number of aliphatic imine (C=N–C) groups is 1. The molecule has 1 heterocycles. The predicted octanol–water partition coefficient (Wildman–Crippen LogP) is 3.14. The Kier molecular flexibility index (Phi) is 13.3. The molecule has 2 aromatic carbocycles. The first-order chi connectivity index (χ1) is 19.1. The van der Waals surface area contributed by atoms with E-state index in [1.807, 2.05) is 49.5 Å². The number of thioether (sulfide) groups is 1. The van der Waals surface area contributed by atoms with Crippen molar-refractivity contribution in [2.24, 2.45) is 4.99 Å². The van der Waals surface area contributed by atoms with Crippen molar-refractivity contribution in [1.82, 2.24) is 20.6 Å². The van der Waals surface area contributed by atoms with Gasteiger partial charge in [0.05, 0.1) is 30.8 Å². The number of H-pyrrole nitrogens is 1. The first kappa shape index (κ1) is 32.5. The number of aromatic nitrogens is 2. The number of aryl methyl sites for hydroxylation is 1. The van der Waals surface area contributed by atoms with Crippen LogP contribution < -0.4 is 15.4 Å². The number of fused-ring (bicyclic) bond motifs is 1. The second kappa shape index (κ2) is 16.4. The highest BCUT2D eigenvalue weighted by Crippen LogP contribution is 2.25. The maximum atomic E-state index is 12.0. The molecule has 1 unspecified atom stereocenters. The van der Waals surface area contributed by atoms with Crippen LogP contribution in [0.5, 0.6) is 5.75 Å². The van der Waals surface area contributed by atoms with E-state index in [0.717, 1.165) is 57.8 Å². The Balaban J connectivity index is 0.000000294. The normalized spacial score (nSPS) is 12.1. The van der Waals surface area contributed by atoms with Crippen molar-refractivity contribution in [1.29, 1.82) is 5.26 Å². The Morgan fingerprint density at radius 3 is 2.60 bits per heavy atom. The lowest BCUT2D eigenvalue weighted by Crippen LogP contribution is -2.35. The van der Waals surface area contributed by atoms with Crippen LogP contribution in [-0.4, -0.2) is 75.4 Å². The van der Waals surface area contributed by atoms with Crippen molar-refractivity contribution >= 4 is 44.3 Å². The van der Waals surface area contributed by atoms with Crippen LogP contribution in [0.4, 0.5) is 0 Å². The highest BCUT2D eigenvalue weighted by atomic mass is 32.2. The lowest BCUT2D eigenvalue weighted by Gasteiger charge is -2.13. The molecule has 216 valence electrons. The Labute approximate surface area is 239 Å². The average Bonchev–Trinajstić information content (AvgIpc) is 3.35. The second-order valence-electron chi connectivity index (χ2n) is 8.75. The Morgan fingerprint density at radius 1 is 1.25 bits per heavy atom. The van der Waals surface area contributed by atoms with Crippen LogP contribution in [-0.2, 0) is 25.1 Å². The molecule has 0 saturated carbocycles. The molecule has 13 heteroatoms. The number of nitrogens with zero attached hydrogens (tertiary/aromatic N) is 3. The Morgan fingerprint density at radius 2 is 1.98 bits per heavy atom. The minimum Gasteiger partial charge on any atom is -0.497 e. The summed E-state index contributed by atoms with van der Waals surface area (Å²) in [5.41, 5.74) is 3.04. The number of nitrogens with one attached hydrogen (secondary N) is 3. The molecule has 0 aliphatic heterocycles. The molecule has 0 amide bonds. The minimum absolute atomic E-state index is 0.118. The van der Waals surface area contributed by atoms with Crippen molar-refractivity contribution in [3.8, 4) is 11.9 Å². The van der Waals surface area contributed by atoms with Crippen LogP contribution in [0.2, 0.25) is 0 Å². The summed E-state index contributed by atoms with van der Waals surface area (Å²) in [6, 6.07) is 11.4. The number of esters is 1. The van der Waals surface area contributed by atoms with Crippen LogP contribution >= 0.6 is 11.8 Å². The fourth-order valence-electron chi connectivity index (χ4n) is 3.37. The number of hydrogen-bond acceptors (Lipinski definition) is 9. The number of aromatic amines is 1. The maximum absolute atomic E-state index is 12.0. The molecule has 0 fully saturated rings. The van der Waals surface area contributed by atoms with Crippen LogP contribution in [0.3, 0.4) is 0 Å². The first-order valence-electron chi connectivity index (χ1n) is 12.4. The standard InChI is InChI=1S/C17H20O5S.C10H16N6S/c1-12(17(18)22-8-9-23(3,19)20)13-4-5-15-11-16(21-2)7-6-14(15)10-13;1-8-9(16-7-15-8)5-17-4-3-13-10(12-2)14-6-11/h4-7,10-12H,8-9H2,1-3H3;7H,3-5H2,1-2H3,(H,15,16)(H2,12,13,14). The molecule has 0 bridgehead atoms. The molecule has 40 heavy (non-hydrogen) atoms. The van der Waals surface area contributed by atoms with Crippen molar-refractivity contribution in [2.45, 2.75) is 25.5 Å². The van der Waals surface area contributed by atoms with Crippen molar-refractivity contribution in [2.75, 3.05) is 45.1 Å². The van der Waals surface area contributed by atoms with E-state index in [0.29, 0.717) is 5.96 Å². The maximum Gasteiger partial charge on any atom is 0.313 e. The number of methoxy groups -OCH3 is 1. The molecule has 0 aliphatic carbocycles. The fourth-order valence-corrected chi connectivity index (χ4v) is 4.63. The zero-order chi connectivity index (χ0) is 29.5. The van der Waals surface area contributed by atoms with E-state index in [9.17, 15) is 13.2 Å². The van der Waals surface area contributed by atoms with Crippen LogP contribution in [0, 0.1) is 18.4 Å². The minimum atomic E-state index is -3.13. The fraction of sp³-hybridized carbons (Fsp3) is 0.407. The number of guanidine groups is 1. The number of carbonyl (C=O) groups excluding carboxylic acids is 1. The quantitative estimate of drug-likeness (QED) is 0.0759. The number of hydrogen-bond donors (Lipinski definition) is 3. The number of rotatable bonds is 11. The molecule has 11 nitrogen and oxygen atoms in total. The van der Waals surface area contributed by atoms with Gasteiger partial charge in [-0.1, -0.05) is 24.3 Å². The van der Waals surface area contributed by atoms with Gasteiger partial charge in [0.25, 0.3) is 0 Å². The number of benzene rings is 2. The third-order valence-electron chi connectivity index (χ3n) is 5.73. The zero-order valence-electron chi connectivity index (χ0n) is 23.4. The van der Waals surface area contributed by atoms with Gasteiger partial charge in [-0.3, -0.25) is 15.1 Å². The second-order valence-corrected chi connectivity index (χ2v) is 12.1. The predicted molar refractivity (Wildman–Crippen MR) is 159 cm³/mol. The highest BCUT2D eigenvalue weighted by molar-refractivity contribution is 7.98. The highest BCUT2D eigenvalue weighted by Gasteiger charge is 2.18. The molecule has 0 aliphatic rings. The molecule has 0 saturated heterocycles. The Hall–Kier alpha value is -3.76. The molecular weight excluding hydrogens is 552 g/mol. The molecule has 0 radical (unpaired) electrons. The van der Waals surface area contributed by atoms with E-state index in [2.05, 4.69) is 25.6 Å². The summed E-state index contributed by atoms with van der Waals surface area (Å²) in [5, 5.41) is 15.9. The largest absolute Gasteiger partial charge is 0.497 e. The van der Waals surface area contributed by atoms with Gasteiger partial charge >= 0.3 is 5.97 Å². The van der Waals surface area contributed by atoms with Crippen molar-refractivity contribution < 1.29 is 22.7 Å². The van der Waals surface area contributed by atoms with Crippen LogP contribution in [0.15, 0.2) is 47.7 Å². The number of imidazole rings is 1. The summed E-state index contributed by atoms with van der Waals surface area (Å²) >= 11 is 1.79. The van der Waals surface area contributed by atoms with Gasteiger partial charge in [0.15, 0.2) is 16.0 Å². The van der Waals surface area contributed by atoms with E-state index < -0.39 is 21.7 Å². The van der Waals surface area contributed by atoms with Crippen LogP contribution in [0.25, 0.3) is 10.8 Å². The van der Waals surface area contributed by atoms with Gasteiger partial charge in [0, 0.05) is 37.0 Å². The number of carbonyl (C=O) groups is 1. The monoisotopic (exact) mass is 588 g/mol. The van der Waals surface area contributed by atoms with E-state index >= 15 is 0 Å². The summed E-state index contributed by atoms with van der Waals surface area (Å²) < 4.78 is 32.3. The van der Waals surface area contributed by atoms with E-state index in [4.69, 9.17) is 14.7 Å². The van der Waals surface area contributed by atoms with Gasteiger partial charge in [-0.15, -0.1) is 0 Å². The van der Waals surface area contributed by atoms with Crippen molar-refractivity contribution in [3.63, 3.8) is 0 Å². The van der Waals surface area contributed by atoms with Gasteiger partial charge in [0.2, 0.25) is 5.96 Å². The number of sulfone groups is 1. The molecule has 3 aromatic rings. The zero-order valence-corrected chi connectivity index (χ0v) is 25.0. The molecule has 0 spiro atoms. The SMILES string of the molecule is CN=C(NC#N)NCCSCc1nc[nH]c1C.COc1ccc2cc(C(C)C(=O)OCCS(C)(=O)=O)ccc2c1. The van der Waals surface area contributed by atoms with Gasteiger partial charge < -0.3 is 19.8 Å². The molecule has 1 aromatic heterocycles. The van der Waals surface area contributed by atoms with Gasteiger partial charge in [-0.2, -0.15) is 17.0 Å². The lowest BCUT2D eigenvalue weighted by molar-refractivity contribution is -0.144. The smallest absolute Gasteiger partial charge is 0.313 e. The Bertz CT molecular complexity index is 1430. The van der Waals surface area contributed by atoms with E-state index in [1.165, 1.54) is 0 Å². The summed E-state index contributed by atoms with van der Waals surface area (Å²) in [5.74, 6) is 2.05. The number of nitriles is 1. The summed E-state index contributed by atoms with van der Waals surface area (Å²) in [4.78, 5) is 23.2. The molecule has 3 rings (SSSR count). The first-order valence-corrected chi connectivity index (χ1v) is 15.6. The van der Waals surface area contributed by atoms with Crippen molar-refractivity contribution in [3.05, 3.63) is 59.7 Å².